The Labute approximate surface area is 195 Å². The molecule has 0 aromatic carbocycles. The molecule has 0 saturated heterocycles. The number of nitrogens with zero attached hydrogens (tertiary/aromatic N) is 5. The van der Waals surface area contributed by atoms with Crippen molar-refractivity contribution in [2.75, 3.05) is 6.54 Å². The van der Waals surface area contributed by atoms with E-state index in [0.29, 0.717) is 0 Å². The van der Waals surface area contributed by atoms with Crippen LogP contribution in [0.1, 0.15) is 12.5 Å². The van der Waals surface area contributed by atoms with Crippen molar-refractivity contribution in [3.05, 3.63) is 79.3 Å². The van der Waals surface area contributed by atoms with Crippen LogP contribution in [-0.2, 0) is 6.54 Å². The van der Waals surface area contributed by atoms with Gasteiger partial charge < -0.3 is 10.3 Å². The van der Waals surface area contributed by atoms with E-state index in [1.165, 1.54) is 0 Å². The first-order valence-corrected chi connectivity index (χ1v) is 11.2. The van der Waals surface area contributed by atoms with Crippen LogP contribution >= 0.6 is 0 Å². The fourth-order valence-electron chi connectivity index (χ4n) is 4.21. The van der Waals surface area contributed by atoms with Gasteiger partial charge in [0, 0.05) is 59.4 Å². The van der Waals surface area contributed by atoms with Crippen molar-refractivity contribution in [3.8, 4) is 33.8 Å². The van der Waals surface area contributed by atoms with Crippen molar-refractivity contribution < 1.29 is 0 Å². The number of nitrogens with one attached hydrogen (secondary N) is 3. The van der Waals surface area contributed by atoms with E-state index in [-0.39, 0.29) is 0 Å². The Balaban J connectivity index is 1.44. The van der Waals surface area contributed by atoms with E-state index < -0.39 is 0 Å². The summed E-state index contributed by atoms with van der Waals surface area (Å²) in [6, 6.07) is 10.3. The molecule has 34 heavy (non-hydrogen) atoms. The summed E-state index contributed by atoms with van der Waals surface area (Å²) >= 11 is 0. The Hall–Kier alpha value is -4.43. The molecule has 0 bridgehead atoms. The standard InChI is InChI=1S/C26H22N8/c1-2-27-10-16-7-18(12-29-11-16)22-9-20-25(15-31-22)33-34-26(20)23-8-19-21(13-30-14-24(19)32-23)17-3-5-28-6-4-17/h3-9,11-15,27,32H,2,10H2,1H3,(H,33,34). The van der Waals surface area contributed by atoms with Gasteiger partial charge in [0.05, 0.1) is 34.8 Å². The Bertz CT molecular complexity index is 1600. The second-order valence-electron chi connectivity index (χ2n) is 8.12. The monoisotopic (exact) mass is 446 g/mol. The Morgan fingerprint density at radius 1 is 0.824 bits per heavy atom. The van der Waals surface area contributed by atoms with Crippen LogP contribution in [0.5, 0.6) is 0 Å². The minimum Gasteiger partial charge on any atom is -0.352 e. The minimum atomic E-state index is 0.777. The molecule has 0 radical (unpaired) electrons. The molecule has 3 N–H and O–H groups in total. The van der Waals surface area contributed by atoms with Crippen LogP contribution < -0.4 is 5.32 Å². The molecule has 8 heteroatoms. The molecule has 0 unspecified atom stereocenters. The van der Waals surface area contributed by atoms with Crippen molar-refractivity contribution in [3.63, 3.8) is 0 Å². The smallest absolute Gasteiger partial charge is 0.116 e. The summed E-state index contributed by atoms with van der Waals surface area (Å²) in [5.41, 5.74) is 8.67. The summed E-state index contributed by atoms with van der Waals surface area (Å²) in [5, 5.41) is 13.1. The maximum atomic E-state index is 4.64. The molecule has 166 valence electrons. The van der Waals surface area contributed by atoms with Gasteiger partial charge in [-0.25, -0.2) is 0 Å². The normalized spacial score (nSPS) is 11.4. The van der Waals surface area contributed by atoms with E-state index in [4.69, 9.17) is 0 Å². The number of H-pyrrole nitrogens is 2. The average molecular weight is 447 g/mol. The van der Waals surface area contributed by atoms with Gasteiger partial charge in [0.15, 0.2) is 0 Å². The van der Waals surface area contributed by atoms with E-state index in [0.717, 1.165) is 74.2 Å². The number of aromatic amines is 2. The molecule has 0 aliphatic carbocycles. The molecule has 0 aliphatic heterocycles. The van der Waals surface area contributed by atoms with Gasteiger partial charge >= 0.3 is 0 Å². The van der Waals surface area contributed by atoms with E-state index in [1.807, 2.05) is 43.1 Å². The molecule has 6 aromatic heterocycles. The summed E-state index contributed by atoms with van der Waals surface area (Å²) in [6.07, 6.45) is 12.9. The third-order valence-electron chi connectivity index (χ3n) is 5.91. The molecular formula is C26H22N8. The summed E-state index contributed by atoms with van der Waals surface area (Å²) in [6.45, 7) is 3.78. The number of pyridine rings is 4. The predicted octanol–water partition coefficient (Wildman–Crippen LogP) is 4.73. The van der Waals surface area contributed by atoms with Crippen molar-refractivity contribution >= 4 is 21.8 Å². The first-order chi connectivity index (χ1) is 16.8. The van der Waals surface area contributed by atoms with Crippen LogP contribution in [0.4, 0.5) is 0 Å². The maximum absolute atomic E-state index is 4.64. The third-order valence-corrected chi connectivity index (χ3v) is 5.91. The van der Waals surface area contributed by atoms with Crippen LogP contribution in [0.25, 0.3) is 55.6 Å². The Morgan fingerprint density at radius 3 is 2.59 bits per heavy atom. The molecule has 0 amide bonds. The zero-order valence-corrected chi connectivity index (χ0v) is 18.6. The minimum absolute atomic E-state index is 0.777. The number of hydrogen-bond donors (Lipinski definition) is 3. The van der Waals surface area contributed by atoms with Gasteiger partial charge in [-0.1, -0.05) is 6.92 Å². The fraction of sp³-hybridized carbons (Fsp3) is 0.115. The van der Waals surface area contributed by atoms with E-state index in [1.54, 1.807) is 12.4 Å². The highest BCUT2D eigenvalue weighted by molar-refractivity contribution is 6.01. The van der Waals surface area contributed by atoms with E-state index in [2.05, 4.69) is 65.6 Å². The molecule has 6 heterocycles. The summed E-state index contributed by atoms with van der Waals surface area (Å²) in [4.78, 5) is 21.1. The van der Waals surface area contributed by atoms with Crippen molar-refractivity contribution in [2.24, 2.45) is 0 Å². The first-order valence-electron chi connectivity index (χ1n) is 11.2. The second-order valence-corrected chi connectivity index (χ2v) is 8.12. The fourth-order valence-corrected chi connectivity index (χ4v) is 4.21. The van der Waals surface area contributed by atoms with Crippen molar-refractivity contribution in [2.45, 2.75) is 13.5 Å². The lowest BCUT2D eigenvalue weighted by Crippen LogP contribution is -2.11. The number of aromatic nitrogens is 7. The molecule has 6 aromatic rings. The lowest BCUT2D eigenvalue weighted by atomic mass is 10.1. The number of fused-ring (bicyclic) bond motifs is 2. The van der Waals surface area contributed by atoms with Crippen molar-refractivity contribution in [1.29, 1.82) is 0 Å². The van der Waals surface area contributed by atoms with Crippen LogP contribution in [0, 0.1) is 0 Å². The molecular weight excluding hydrogens is 424 g/mol. The van der Waals surface area contributed by atoms with Crippen LogP contribution in [0.15, 0.2) is 73.7 Å². The number of rotatable bonds is 6. The summed E-state index contributed by atoms with van der Waals surface area (Å²) < 4.78 is 0. The SMILES string of the molecule is CCNCc1cncc(-c2cc3c(-c4cc5c(-c6ccncc6)cncc5[nH]4)n[nH]c3cn2)c1. The molecule has 0 aliphatic rings. The van der Waals surface area contributed by atoms with Gasteiger partial charge in [-0.05, 0) is 48.0 Å². The zero-order valence-electron chi connectivity index (χ0n) is 18.6. The van der Waals surface area contributed by atoms with Crippen molar-refractivity contribution in [1.82, 2.24) is 40.4 Å². The van der Waals surface area contributed by atoms with Gasteiger partial charge in [-0.3, -0.25) is 25.0 Å². The Kier molecular flexibility index (Phi) is 5.04. The zero-order chi connectivity index (χ0) is 22.9. The van der Waals surface area contributed by atoms with Gasteiger partial charge in [-0.15, -0.1) is 0 Å². The summed E-state index contributed by atoms with van der Waals surface area (Å²) in [5.74, 6) is 0. The summed E-state index contributed by atoms with van der Waals surface area (Å²) in [7, 11) is 0. The lowest BCUT2D eigenvalue weighted by molar-refractivity contribution is 0.724. The largest absolute Gasteiger partial charge is 0.352 e. The Morgan fingerprint density at radius 2 is 1.71 bits per heavy atom. The average Bonchev–Trinajstić information content (AvgIpc) is 3.51. The van der Waals surface area contributed by atoms with Gasteiger partial charge in [0.1, 0.15) is 5.69 Å². The van der Waals surface area contributed by atoms with Crippen LogP contribution in [0.3, 0.4) is 0 Å². The van der Waals surface area contributed by atoms with Gasteiger partial charge in [0.25, 0.3) is 0 Å². The molecule has 0 atom stereocenters. The third kappa shape index (κ3) is 3.60. The quantitative estimate of drug-likeness (QED) is 0.341. The highest BCUT2D eigenvalue weighted by Gasteiger charge is 2.15. The predicted molar refractivity (Wildman–Crippen MR) is 133 cm³/mol. The number of hydrogen-bond acceptors (Lipinski definition) is 6. The first kappa shape index (κ1) is 20.2. The van der Waals surface area contributed by atoms with Gasteiger partial charge in [0.2, 0.25) is 0 Å². The molecule has 0 spiro atoms. The van der Waals surface area contributed by atoms with E-state index in [9.17, 15) is 0 Å². The highest BCUT2D eigenvalue weighted by Crippen LogP contribution is 2.34. The maximum Gasteiger partial charge on any atom is 0.116 e. The molecule has 0 saturated carbocycles. The molecule has 0 fully saturated rings. The topological polar surface area (TPSA) is 108 Å². The molecule has 8 nitrogen and oxygen atoms in total. The highest BCUT2D eigenvalue weighted by atomic mass is 15.1. The lowest BCUT2D eigenvalue weighted by Gasteiger charge is -2.05. The van der Waals surface area contributed by atoms with Crippen LogP contribution in [-0.4, -0.2) is 41.7 Å². The van der Waals surface area contributed by atoms with E-state index >= 15 is 0 Å². The van der Waals surface area contributed by atoms with Gasteiger partial charge in [-0.2, -0.15) is 5.10 Å². The second kappa shape index (κ2) is 8.49. The van der Waals surface area contributed by atoms with Crippen LogP contribution in [0.2, 0.25) is 0 Å². The molecule has 6 rings (SSSR count).